The van der Waals surface area contributed by atoms with Gasteiger partial charge in [0.15, 0.2) is 0 Å². The fourth-order valence-electron chi connectivity index (χ4n) is 3.32. The van der Waals surface area contributed by atoms with Gasteiger partial charge in [-0.2, -0.15) is 0 Å². The van der Waals surface area contributed by atoms with Crippen molar-refractivity contribution in [2.75, 3.05) is 20.2 Å². The summed E-state index contributed by atoms with van der Waals surface area (Å²) in [5.74, 6) is 1.65. The van der Waals surface area contributed by atoms with Gasteiger partial charge in [-0.1, -0.05) is 25.1 Å². The zero-order valence-electron chi connectivity index (χ0n) is 12.3. The Bertz CT molecular complexity index is 407. The number of methoxy groups -OCH3 is 1. The van der Waals surface area contributed by atoms with Gasteiger partial charge in [0.25, 0.3) is 0 Å². The molecule has 2 rings (SSSR count). The van der Waals surface area contributed by atoms with E-state index in [1.54, 1.807) is 7.11 Å². The number of nitrogens with two attached hydrogens (primary N) is 1. The van der Waals surface area contributed by atoms with Crippen molar-refractivity contribution in [3.05, 3.63) is 29.8 Å². The number of benzene rings is 1. The van der Waals surface area contributed by atoms with Gasteiger partial charge < -0.3 is 10.5 Å². The number of rotatable bonds is 4. The summed E-state index contributed by atoms with van der Waals surface area (Å²) in [5, 5.41) is 0. The highest BCUT2D eigenvalue weighted by Crippen LogP contribution is 2.34. The number of hydrogen-bond donors (Lipinski definition) is 1. The molecule has 1 aliphatic rings. The number of nitrogens with zero attached hydrogens (tertiary/aromatic N) is 1. The van der Waals surface area contributed by atoms with E-state index < -0.39 is 0 Å². The monoisotopic (exact) mass is 262 g/mol. The fourth-order valence-corrected chi connectivity index (χ4v) is 3.32. The van der Waals surface area contributed by atoms with Gasteiger partial charge in [0, 0.05) is 24.2 Å². The molecule has 0 radical (unpaired) electrons. The van der Waals surface area contributed by atoms with E-state index >= 15 is 0 Å². The molecule has 0 amide bonds. The first-order chi connectivity index (χ1) is 9.19. The van der Waals surface area contributed by atoms with E-state index in [2.05, 4.69) is 30.9 Å². The second-order valence-corrected chi connectivity index (χ2v) is 5.58. The number of para-hydroxylation sites is 1. The SMILES string of the molecule is COc1ccccc1C(C)N1CCCC(C)C1CN. The van der Waals surface area contributed by atoms with E-state index in [9.17, 15) is 0 Å². The molecule has 3 atom stereocenters. The third-order valence-corrected chi connectivity index (χ3v) is 4.49. The molecule has 1 fully saturated rings. The maximum Gasteiger partial charge on any atom is 0.123 e. The average molecular weight is 262 g/mol. The van der Waals surface area contributed by atoms with Crippen LogP contribution in [-0.2, 0) is 0 Å². The summed E-state index contributed by atoms with van der Waals surface area (Å²) in [5.41, 5.74) is 7.26. The van der Waals surface area contributed by atoms with Crippen LogP contribution in [0, 0.1) is 5.92 Å². The molecule has 106 valence electrons. The lowest BCUT2D eigenvalue weighted by atomic mass is 9.88. The summed E-state index contributed by atoms with van der Waals surface area (Å²) in [6.07, 6.45) is 2.55. The van der Waals surface area contributed by atoms with Crippen LogP contribution in [0.4, 0.5) is 0 Å². The molecule has 0 aromatic heterocycles. The van der Waals surface area contributed by atoms with Crippen molar-refractivity contribution in [1.82, 2.24) is 4.90 Å². The Balaban J connectivity index is 2.24. The smallest absolute Gasteiger partial charge is 0.123 e. The van der Waals surface area contributed by atoms with Crippen molar-refractivity contribution in [1.29, 1.82) is 0 Å². The quantitative estimate of drug-likeness (QED) is 0.907. The van der Waals surface area contributed by atoms with Crippen LogP contribution in [-0.4, -0.2) is 31.1 Å². The predicted octanol–water partition coefficient (Wildman–Crippen LogP) is 2.82. The van der Waals surface area contributed by atoms with Crippen LogP contribution in [0.1, 0.15) is 38.3 Å². The molecule has 3 heteroatoms. The minimum Gasteiger partial charge on any atom is -0.496 e. The van der Waals surface area contributed by atoms with Crippen LogP contribution in [0.15, 0.2) is 24.3 Å². The number of likely N-dealkylation sites (tertiary alicyclic amines) is 1. The lowest BCUT2D eigenvalue weighted by Crippen LogP contribution is -2.49. The summed E-state index contributed by atoms with van der Waals surface area (Å²) in [6.45, 7) is 6.45. The first kappa shape index (κ1) is 14.4. The van der Waals surface area contributed by atoms with Crippen LogP contribution < -0.4 is 10.5 Å². The van der Waals surface area contributed by atoms with Crippen molar-refractivity contribution < 1.29 is 4.74 Å². The van der Waals surface area contributed by atoms with Crippen molar-refractivity contribution in [3.8, 4) is 5.75 Å². The van der Waals surface area contributed by atoms with Gasteiger partial charge in [0.2, 0.25) is 0 Å². The molecule has 1 aromatic rings. The average Bonchev–Trinajstić information content (AvgIpc) is 2.46. The van der Waals surface area contributed by atoms with Crippen LogP contribution >= 0.6 is 0 Å². The third kappa shape index (κ3) is 2.93. The maximum atomic E-state index is 6.00. The molecular weight excluding hydrogens is 236 g/mol. The molecule has 0 bridgehead atoms. The van der Waals surface area contributed by atoms with E-state index in [1.807, 2.05) is 12.1 Å². The highest BCUT2D eigenvalue weighted by Gasteiger charge is 2.31. The Morgan fingerprint density at radius 1 is 1.42 bits per heavy atom. The topological polar surface area (TPSA) is 38.5 Å². The highest BCUT2D eigenvalue weighted by molar-refractivity contribution is 5.35. The molecule has 0 saturated carbocycles. The van der Waals surface area contributed by atoms with E-state index in [-0.39, 0.29) is 0 Å². The summed E-state index contributed by atoms with van der Waals surface area (Å²) in [4.78, 5) is 2.55. The number of ether oxygens (including phenoxy) is 1. The summed E-state index contributed by atoms with van der Waals surface area (Å²) >= 11 is 0. The molecule has 19 heavy (non-hydrogen) atoms. The minimum absolute atomic E-state index is 0.354. The summed E-state index contributed by atoms with van der Waals surface area (Å²) in [7, 11) is 1.74. The number of piperidine rings is 1. The second-order valence-electron chi connectivity index (χ2n) is 5.58. The van der Waals surface area contributed by atoms with Gasteiger partial charge in [-0.3, -0.25) is 4.90 Å². The first-order valence-corrected chi connectivity index (χ1v) is 7.27. The van der Waals surface area contributed by atoms with Crippen LogP contribution in [0.25, 0.3) is 0 Å². The van der Waals surface area contributed by atoms with E-state index in [0.717, 1.165) is 18.8 Å². The van der Waals surface area contributed by atoms with Gasteiger partial charge in [0.05, 0.1) is 7.11 Å². The first-order valence-electron chi connectivity index (χ1n) is 7.27. The Kier molecular flexibility index (Phi) is 4.83. The molecule has 3 unspecified atom stereocenters. The summed E-state index contributed by atoms with van der Waals surface area (Å²) < 4.78 is 5.50. The Morgan fingerprint density at radius 2 is 2.16 bits per heavy atom. The lowest BCUT2D eigenvalue weighted by Gasteiger charge is -2.43. The second kappa shape index (κ2) is 6.40. The minimum atomic E-state index is 0.354. The Hall–Kier alpha value is -1.06. The van der Waals surface area contributed by atoms with E-state index in [4.69, 9.17) is 10.5 Å². The molecule has 0 spiro atoms. The maximum absolute atomic E-state index is 6.00. The zero-order valence-corrected chi connectivity index (χ0v) is 12.3. The van der Waals surface area contributed by atoms with Gasteiger partial charge in [-0.15, -0.1) is 0 Å². The molecule has 1 aliphatic heterocycles. The van der Waals surface area contributed by atoms with Crippen LogP contribution in [0.3, 0.4) is 0 Å². The van der Waals surface area contributed by atoms with Crippen molar-refractivity contribution in [2.24, 2.45) is 11.7 Å². The molecule has 3 nitrogen and oxygen atoms in total. The third-order valence-electron chi connectivity index (χ3n) is 4.49. The molecule has 0 aliphatic carbocycles. The van der Waals surface area contributed by atoms with Gasteiger partial charge in [-0.25, -0.2) is 0 Å². The zero-order chi connectivity index (χ0) is 13.8. The Morgan fingerprint density at radius 3 is 2.84 bits per heavy atom. The van der Waals surface area contributed by atoms with Gasteiger partial charge >= 0.3 is 0 Å². The van der Waals surface area contributed by atoms with Gasteiger partial charge in [-0.05, 0) is 38.3 Å². The molecule has 1 heterocycles. The largest absolute Gasteiger partial charge is 0.496 e. The Labute approximate surface area is 116 Å². The fraction of sp³-hybridized carbons (Fsp3) is 0.625. The van der Waals surface area contributed by atoms with Crippen molar-refractivity contribution >= 4 is 0 Å². The highest BCUT2D eigenvalue weighted by atomic mass is 16.5. The van der Waals surface area contributed by atoms with E-state index in [1.165, 1.54) is 18.4 Å². The lowest BCUT2D eigenvalue weighted by molar-refractivity contribution is 0.0679. The number of hydrogen-bond acceptors (Lipinski definition) is 3. The summed E-state index contributed by atoms with van der Waals surface area (Å²) in [6, 6.07) is 9.14. The van der Waals surface area contributed by atoms with Crippen molar-refractivity contribution in [3.63, 3.8) is 0 Å². The normalized spacial score (nSPS) is 26.1. The van der Waals surface area contributed by atoms with Crippen molar-refractivity contribution in [2.45, 2.75) is 38.8 Å². The van der Waals surface area contributed by atoms with Crippen LogP contribution in [0.2, 0.25) is 0 Å². The standard InChI is InChI=1S/C16H26N2O/c1-12-7-6-10-18(15(12)11-17)13(2)14-8-4-5-9-16(14)19-3/h4-5,8-9,12-13,15H,6-7,10-11,17H2,1-3H3. The molecular formula is C16H26N2O. The predicted molar refractivity (Wildman–Crippen MR) is 79.4 cm³/mol. The van der Waals surface area contributed by atoms with Crippen LogP contribution in [0.5, 0.6) is 5.75 Å². The van der Waals surface area contributed by atoms with E-state index in [0.29, 0.717) is 18.0 Å². The molecule has 1 saturated heterocycles. The molecule has 1 aromatic carbocycles. The molecule has 2 N–H and O–H groups in total. The van der Waals surface area contributed by atoms with Gasteiger partial charge in [0.1, 0.15) is 5.75 Å².